The summed E-state index contributed by atoms with van der Waals surface area (Å²) < 4.78 is 52.6. The Balaban J connectivity index is 1.38. The fourth-order valence-corrected chi connectivity index (χ4v) is 5.75. The van der Waals surface area contributed by atoms with Crippen LogP contribution >= 0.6 is 11.8 Å². The maximum absolute atomic E-state index is 13.3. The normalized spacial score (nSPS) is 18.1. The molecular formula is C29H22F4N2O3S. The predicted molar refractivity (Wildman–Crippen MR) is 141 cm³/mol. The molecule has 2 heterocycles. The van der Waals surface area contributed by atoms with Crippen molar-refractivity contribution >= 4 is 23.4 Å². The van der Waals surface area contributed by atoms with E-state index in [1.807, 2.05) is 0 Å². The number of alkyl halides is 3. The maximum atomic E-state index is 13.3. The molecule has 200 valence electrons. The number of aliphatic hydroxyl groups is 1. The van der Waals surface area contributed by atoms with Crippen LogP contribution < -0.4 is 4.90 Å². The number of amides is 1. The first-order chi connectivity index (χ1) is 18.6. The molecular weight excluding hydrogens is 532 g/mol. The molecule has 1 fully saturated rings. The highest BCUT2D eigenvalue weighted by atomic mass is 32.2. The number of thioether (sulfide) groups is 1. The Morgan fingerprint density at radius 2 is 1.59 bits per heavy atom. The largest absolute Gasteiger partial charge is 0.508 e. The number of β-lactam (4-membered cyclic amide) rings is 1. The van der Waals surface area contributed by atoms with Crippen molar-refractivity contribution in [3.05, 3.63) is 114 Å². The third kappa shape index (κ3) is 5.62. The Labute approximate surface area is 225 Å². The van der Waals surface area contributed by atoms with Gasteiger partial charge in [-0.15, -0.1) is 11.8 Å². The molecule has 39 heavy (non-hydrogen) atoms. The Morgan fingerprint density at radius 3 is 2.23 bits per heavy atom. The van der Waals surface area contributed by atoms with E-state index in [-0.39, 0.29) is 17.4 Å². The minimum atomic E-state index is -4.51. The third-order valence-electron chi connectivity index (χ3n) is 6.51. The van der Waals surface area contributed by atoms with Crippen molar-refractivity contribution in [3.63, 3.8) is 0 Å². The summed E-state index contributed by atoms with van der Waals surface area (Å²) in [6, 6.07) is 19.2. The van der Waals surface area contributed by atoms with Crippen LogP contribution in [-0.4, -0.2) is 32.1 Å². The summed E-state index contributed by atoms with van der Waals surface area (Å²) in [5.41, 5.74) is 1.82. The van der Waals surface area contributed by atoms with Gasteiger partial charge in [0.2, 0.25) is 5.91 Å². The molecule has 0 aliphatic carbocycles. The molecule has 5 nitrogen and oxygen atoms in total. The summed E-state index contributed by atoms with van der Waals surface area (Å²) in [6.45, 7) is 0. The fraction of sp³-hybridized carbons (Fsp3) is 0.172. The molecule has 1 saturated heterocycles. The lowest BCUT2D eigenvalue weighted by Gasteiger charge is -2.47. The summed E-state index contributed by atoms with van der Waals surface area (Å²) in [7, 11) is 0. The molecule has 0 spiro atoms. The number of halogens is 4. The molecule has 0 unspecified atom stereocenters. The second kappa shape index (κ2) is 10.7. The number of carbonyl (C=O) groups is 1. The van der Waals surface area contributed by atoms with Crippen molar-refractivity contribution in [1.82, 2.24) is 4.98 Å². The first kappa shape index (κ1) is 26.7. The van der Waals surface area contributed by atoms with Gasteiger partial charge in [-0.25, -0.2) is 4.39 Å². The summed E-state index contributed by atoms with van der Waals surface area (Å²) in [4.78, 5) is 18.6. The topological polar surface area (TPSA) is 73.7 Å². The van der Waals surface area contributed by atoms with Gasteiger partial charge in [-0.3, -0.25) is 9.78 Å². The van der Waals surface area contributed by atoms with Gasteiger partial charge in [0.1, 0.15) is 16.8 Å². The van der Waals surface area contributed by atoms with E-state index in [9.17, 15) is 32.6 Å². The van der Waals surface area contributed by atoms with E-state index in [1.165, 1.54) is 54.4 Å². The Bertz CT molecular complexity index is 1460. The van der Waals surface area contributed by atoms with Crippen molar-refractivity contribution in [2.24, 2.45) is 0 Å². The zero-order valence-electron chi connectivity index (χ0n) is 20.2. The minimum Gasteiger partial charge on any atom is -0.508 e. The minimum absolute atomic E-state index is 0.0749. The highest BCUT2D eigenvalue weighted by Gasteiger charge is 2.49. The van der Waals surface area contributed by atoms with Gasteiger partial charge in [-0.2, -0.15) is 13.2 Å². The van der Waals surface area contributed by atoms with Gasteiger partial charge >= 0.3 is 6.18 Å². The number of hydrogen-bond acceptors (Lipinski definition) is 5. The number of aromatic nitrogens is 1. The van der Waals surface area contributed by atoms with Crippen LogP contribution in [0.5, 0.6) is 5.75 Å². The molecule has 10 heteroatoms. The maximum Gasteiger partial charge on any atom is 0.417 e. The van der Waals surface area contributed by atoms with Crippen LogP contribution in [0, 0.1) is 5.82 Å². The monoisotopic (exact) mass is 554 g/mol. The number of pyridine rings is 1. The highest BCUT2D eigenvalue weighted by Crippen LogP contribution is 2.46. The van der Waals surface area contributed by atoms with E-state index in [0.717, 1.165) is 17.8 Å². The van der Waals surface area contributed by atoms with E-state index in [4.69, 9.17) is 0 Å². The molecule has 2 N–H and O–H groups in total. The zero-order chi connectivity index (χ0) is 27.7. The van der Waals surface area contributed by atoms with Gasteiger partial charge in [0.15, 0.2) is 0 Å². The lowest BCUT2D eigenvalue weighted by Crippen LogP contribution is -2.57. The molecule has 0 bridgehead atoms. The van der Waals surface area contributed by atoms with Gasteiger partial charge in [0.05, 0.1) is 17.7 Å². The molecule has 4 aromatic rings. The Morgan fingerprint density at radius 1 is 0.923 bits per heavy atom. The van der Waals surface area contributed by atoms with E-state index in [1.54, 1.807) is 41.3 Å². The van der Waals surface area contributed by atoms with Gasteiger partial charge in [-0.05, 0) is 59.2 Å². The standard InChI is InChI=1S/C29H22F4N2O3S/c30-22-7-1-18(2-8-22)25(37)16-39-27-26(19-5-11-24(36)12-6-19)35(28(27)38)23-9-3-17(4-10-23)20-13-21(15-34-14-20)29(31,32)33/h1-15,25-27,36-37H,16H2/t25-,26-,27-/m1/s1. The molecule has 3 aromatic carbocycles. The summed E-state index contributed by atoms with van der Waals surface area (Å²) in [5.74, 6) is -0.332. The molecule has 5 rings (SSSR count). The average Bonchev–Trinajstić information content (AvgIpc) is 2.92. The summed E-state index contributed by atoms with van der Waals surface area (Å²) >= 11 is 1.28. The van der Waals surface area contributed by atoms with Gasteiger partial charge in [0, 0.05) is 29.4 Å². The third-order valence-corrected chi connectivity index (χ3v) is 7.84. The Hall–Kier alpha value is -3.89. The summed E-state index contributed by atoms with van der Waals surface area (Å²) in [6.07, 6.45) is -3.30. The van der Waals surface area contributed by atoms with Crippen molar-refractivity contribution in [3.8, 4) is 16.9 Å². The van der Waals surface area contributed by atoms with Crippen molar-refractivity contribution in [1.29, 1.82) is 0 Å². The lowest BCUT2D eigenvalue weighted by atomic mass is 9.92. The number of anilines is 1. The van der Waals surface area contributed by atoms with E-state index in [0.29, 0.717) is 22.4 Å². The number of carbonyl (C=O) groups excluding carboxylic acids is 1. The molecule has 0 radical (unpaired) electrons. The quantitative estimate of drug-likeness (QED) is 0.201. The average molecular weight is 555 g/mol. The van der Waals surface area contributed by atoms with Gasteiger partial charge in [0.25, 0.3) is 0 Å². The van der Waals surface area contributed by atoms with Crippen LogP contribution in [0.1, 0.15) is 28.8 Å². The summed E-state index contributed by atoms with van der Waals surface area (Å²) in [5, 5.41) is 19.8. The van der Waals surface area contributed by atoms with Crippen molar-refractivity contribution < 1.29 is 32.6 Å². The van der Waals surface area contributed by atoms with E-state index in [2.05, 4.69) is 4.98 Å². The Kier molecular flexibility index (Phi) is 7.33. The predicted octanol–water partition coefficient (Wildman–Crippen LogP) is 6.54. The number of phenols is 1. The van der Waals surface area contributed by atoms with Gasteiger partial charge in [-0.1, -0.05) is 36.4 Å². The smallest absolute Gasteiger partial charge is 0.417 e. The number of aliphatic hydroxyl groups excluding tert-OH is 1. The SMILES string of the molecule is O=C1[C@H](SC[C@@H](O)c2ccc(F)cc2)[C@@H](c2ccc(O)cc2)N1c1ccc(-c2cncc(C(F)(F)F)c2)cc1. The number of benzene rings is 3. The molecule has 0 saturated carbocycles. The molecule has 1 aliphatic rings. The molecule has 1 aromatic heterocycles. The highest BCUT2D eigenvalue weighted by molar-refractivity contribution is 8.00. The van der Waals surface area contributed by atoms with E-state index < -0.39 is 35.0 Å². The number of phenolic OH excluding ortho intramolecular Hbond substituents is 1. The second-order valence-electron chi connectivity index (χ2n) is 9.07. The first-order valence-corrected chi connectivity index (χ1v) is 13.0. The number of hydrogen-bond donors (Lipinski definition) is 2. The first-order valence-electron chi connectivity index (χ1n) is 11.9. The van der Waals surface area contributed by atoms with Crippen LogP contribution in [0.4, 0.5) is 23.2 Å². The van der Waals surface area contributed by atoms with Crippen molar-refractivity contribution in [2.45, 2.75) is 23.6 Å². The van der Waals surface area contributed by atoms with Crippen molar-refractivity contribution in [2.75, 3.05) is 10.7 Å². The van der Waals surface area contributed by atoms with Crippen LogP contribution in [0.2, 0.25) is 0 Å². The number of nitrogens with zero attached hydrogens (tertiary/aromatic N) is 2. The van der Waals surface area contributed by atoms with Crippen LogP contribution in [-0.2, 0) is 11.0 Å². The molecule has 1 amide bonds. The van der Waals surface area contributed by atoms with E-state index >= 15 is 0 Å². The van der Waals surface area contributed by atoms with Crippen LogP contribution in [0.15, 0.2) is 91.3 Å². The molecule has 1 aliphatic heterocycles. The van der Waals surface area contributed by atoms with Gasteiger partial charge < -0.3 is 15.1 Å². The van der Waals surface area contributed by atoms with Crippen LogP contribution in [0.3, 0.4) is 0 Å². The number of aromatic hydroxyl groups is 1. The second-order valence-corrected chi connectivity index (χ2v) is 10.2. The fourth-order valence-electron chi connectivity index (χ4n) is 4.45. The molecule has 3 atom stereocenters. The lowest BCUT2D eigenvalue weighted by molar-refractivity contribution is -0.137. The zero-order valence-corrected chi connectivity index (χ0v) is 21.0. The van der Waals surface area contributed by atoms with Crippen LogP contribution in [0.25, 0.3) is 11.1 Å². The number of rotatable bonds is 7.